The van der Waals surface area contributed by atoms with E-state index in [9.17, 15) is 0 Å². The maximum absolute atomic E-state index is 3.32. The molecule has 0 spiro atoms. The molecule has 1 fully saturated rings. The van der Waals surface area contributed by atoms with Crippen molar-refractivity contribution in [3.63, 3.8) is 0 Å². The van der Waals surface area contributed by atoms with Crippen LogP contribution in [0.5, 0.6) is 0 Å². The summed E-state index contributed by atoms with van der Waals surface area (Å²) in [6.45, 7) is 0. The van der Waals surface area contributed by atoms with Gasteiger partial charge in [0.2, 0.25) is 0 Å². The van der Waals surface area contributed by atoms with Crippen molar-refractivity contribution in [1.82, 2.24) is 0 Å². The van der Waals surface area contributed by atoms with Gasteiger partial charge in [-0.2, -0.15) is 0 Å². The highest BCUT2D eigenvalue weighted by molar-refractivity contribution is 7.07. The molecule has 0 atom stereocenters. The van der Waals surface area contributed by atoms with Gasteiger partial charge in [0.25, 0.3) is 0 Å². The lowest BCUT2D eigenvalue weighted by Gasteiger charge is -2.03. The minimum absolute atomic E-state index is 0.853. The van der Waals surface area contributed by atoms with Crippen molar-refractivity contribution in [2.75, 3.05) is 0 Å². The van der Waals surface area contributed by atoms with Crippen LogP contribution >= 0.6 is 11.3 Å². The molecule has 1 saturated carbocycles. The Balaban J connectivity index is 2.12. The second kappa shape index (κ2) is 2.75. The van der Waals surface area contributed by atoms with Gasteiger partial charge in [0.1, 0.15) is 0 Å². The first kappa shape index (κ1) is 6.41. The Morgan fingerprint density at radius 2 is 2.20 bits per heavy atom. The van der Waals surface area contributed by atoms with Gasteiger partial charge >= 0.3 is 0 Å². The van der Waals surface area contributed by atoms with E-state index < -0.39 is 0 Å². The van der Waals surface area contributed by atoms with Gasteiger partial charge in [0, 0.05) is 5.38 Å². The summed E-state index contributed by atoms with van der Waals surface area (Å²) in [5.74, 6) is 0.853. The van der Waals surface area contributed by atoms with Gasteiger partial charge in [-0.3, -0.25) is 0 Å². The fourth-order valence-electron chi connectivity index (χ4n) is 1.70. The van der Waals surface area contributed by atoms with E-state index in [4.69, 9.17) is 0 Å². The molecule has 1 aliphatic rings. The minimum Gasteiger partial charge on any atom is -0.143 e. The molecule has 1 heteroatoms. The average Bonchev–Trinajstić information content (AvgIpc) is 2.59. The Morgan fingerprint density at radius 3 is 2.80 bits per heavy atom. The molecule has 0 aliphatic heterocycles. The molecule has 1 aromatic heterocycles. The molecule has 0 N–H and O–H groups in total. The van der Waals surface area contributed by atoms with Crippen molar-refractivity contribution >= 4 is 11.3 Å². The lowest BCUT2D eigenvalue weighted by atomic mass is 10.0. The molecule has 0 unspecified atom stereocenters. The van der Waals surface area contributed by atoms with Crippen molar-refractivity contribution in [2.24, 2.45) is 0 Å². The largest absolute Gasteiger partial charge is 0.143 e. The Bertz CT molecular complexity index is 183. The molecule has 0 bridgehead atoms. The van der Waals surface area contributed by atoms with E-state index in [0.29, 0.717) is 0 Å². The van der Waals surface area contributed by atoms with Gasteiger partial charge in [0.15, 0.2) is 0 Å². The third-order valence-corrected chi connectivity index (χ3v) is 2.91. The molecule has 1 aliphatic carbocycles. The smallest absolute Gasteiger partial charge is 0.0480 e. The molecular formula is C9H11S. The van der Waals surface area contributed by atoms with Crippen LogP contribution in [0.4, 0.5) is 0 Å². The lowest BCUT2D eigenvalue weighted by molar-refractivity contribution is 0.725. The summed E-state index contributed by atoms with van der Waals surface area (Å²) in [4.78, 5) is 0. The molecule has 0 nitrogen and oxygen atoms in total. The summed E-state index contributed by atoms with van der Waals surface area (Å²) < 4.78 is 0. The van der Waals surface area contributed by atoms with Crippen LogP contribution in [-0.2, 0) is 0 Å². The molecule has 0 saturated heterocycles. The first-order chi connectivity index (χ1) is 4.97. The Hall–Kier alpha value is -0.300. The fraction of sp³-hybridized carbons (Fsp3) is 0.556. The normalized spacial score (nSPS) is 20.0. The number of hydrogen-bond donors (Lipinski definition) is 0. The molecule has 10 heavy (non-hydrogen) atoms. The first-order valence-electron chi connectivity index (χ1n) is 3.92. The first-order valence-corrected chi connectivity index (χ1v) is 4.80. The van der Waals surface area contributed by atoms with E-state index in [1.165, 1.54) is 31.2 Å². The Kier molecular flexibility index (Phi) is 1.76. The van der Waals surface area contributed by atoms with Crippen molar-refractivity contribution < 1.29 is 0 Å². The molecule has 1 heterocycles. The van der Waals surface area contributed by atoms with E-state index in [0.717, 1.165) is 5.92 Å². The summed E-state index contributed by atoms with van der Waals surface area (Å²) in [6.07, 6.45) is 5.64. The van der Waals surface area contributed by atoms with E-state index >= 15 is 0 Å². The molecule has 1 radical (unpaired) electrons. The minimum atomic E-state index is 0.853. The quantitative estimate of drug-likeness (QED) is 0.578. The van der Waals surface area contributed by atoms with Gasteiger partial charge in [-0.25, -0.2) is 0 Å². The third kappa shape index (κ3) is 1.10. The number of hydrogen-bond acceptors (Lipinski definition) is 1. The third-order valence-electron chi connectivity index (χ3n) is 2.29. The average molecular weight is 151 g/mol. The van der Waals surface area contributed by atoms with Crippen LogP contribution in [0.15, 0.2) is 11.4 Å². The van der Waals surface area contributed by atoms with Crippen LogP contribution in [-0.4, -0.2) is 0 Å². The summed E-state index contributed by atoms with van der Waals surface area (Å²) in [6, 6.07) is 2.22. The van der Waals surface area contributed by atoms with Crippen LogP contribution < -0.4 is 0 Å². The monoisotopic (exact) mass is 151 g/mol. The van der Waals surface area contributed by atoms with Crippen LogP contribution in [0.2, 0.25) is 0 Å². The highest BCUT2D eigenvalue weighted by atomic mass is 32.1. The zero-order valence-electron chi connectivity index (χ0n) is 5.97. The van der Waals surface area contributed by atoms with Gasteiger partial charge in [-0.05, 0) is 35.8 Å². The zero-order valence-corrected chi connectivity index (χ0v) is 6.79. The fourth-order valence-corrected chi connectivity index (χ4v) is 2.35. The zero-order chi connectivity index (χ0) is 6.81. The van der Waals surface area contributed by atoms with E-state index in [-0.39, 0.29) is 0 Å². The lowest BCUT2D eigenvalue weighted by Crippen LogP contribution is -1.87. The molecule has 1 aromatic rings. The van der Waals surface area contributed by atoms with E-state index in [1.807, 2.05) is 0 Å². The number of rotatable bonds is 1. The Labute approximate surface area is 65.9 Å². The summed E-state index contributed by atoms with van der Waals surface area (Å²) in [5, 5.41) is 5.45. The van der Waals surface area contributed by atoms with Crippen molar-refractivity contribution in [3.05, 3.63) is 22.4 Å². The van der Waals surface area contributed by atoms with Gasteiger partial charge in [-0.1, -0.05) is 12.8 Å². The van der Waals surface area contributed by atoms with Crippen molar-refractivity contribution in [3.8, 4) is 0 Å². The van der Waals surface area contributed by atoms with Gasteiger partial charge < -0.3 is 0 Å². The van der Waals surface area contributed by atoms with E-state index in [1.54, 1.807) is 11.3 Å². The Morgan fingerprint density at radius 1 is 1.40 bits per heavy atom. The molecular weight excluding hydrogens is 140 g/mol. The van der Waals surface area contributed by atoms with Crippen molar-refractivity contribution in [2.45, 2.75) is 31.6 Å². The summed E-state index contributed by atoms with van der Waals surface area (Å²) in [7, 11) is 0. The van der Waals surface area contributed by atoms with Gasteiger partial charge in [0.05, 0.1) is 0 Å². The van der Waals surface area contributed by atoms with Crippen LogP contribution in [0.25, 0.3) is 0 Å². The number of thiophene rings is 1. The summed E-state index contributed by atoms with van der Waals surface area (Å²) in [5.41, 5.74) is 1.46. The predicted molar refractivity (Wildman–Crippen MR) is 44.4 cm³/mol. The highest BCUT2D eigenvalue weighted by Crippen LogP contribution is 2.34. The van der Waals surface area contributed by atoms with E-state index in [2.05, 4.69) is 16.8 Å². The predicted octanol–water partition coefficient (Wildman–Crippen LogP) is 3.21. The maximum atomic E-state index is 3.32. The van der Waals surface area contributed by atoms with Crippen LogP contribution in [0.3, 0.4) is 0 Å². The topological polar surface area (TPSA) is 0 Å². The van der Waals surface area contributed by atoms with Crippen LogP contribution in [0, 0.1) is 5.38 Å². The standard InChI is InChI=1S/C9H11S/c1-2-4-8(3-1)9-5-6-10-7-9/h5-6,8H,1-4H2. The van der Waals surface area contributed by atoms with Crippen molar-refractivity contribution in [1.29, 1.82) is 0 Å². The molecule has 53 valence electrons. The highest BCUT2D eigenvalue weighted by Gasteiger charge is 2.16. The maximum Gasteiger partial charge on any atom is 0.0480 e. The second-order valence-electron chi connectivity index (χ2n) is 2.96. The van der Waals surface area contributed by atoms with Crippen LogP contribution in [0.1, 0.15) is 37.2 Å². The second-order valence-corrected chi connectivity index (χ2v) is 3.67. The molecule has 0 aromatic carbocycles. The molecule has 2 rings (SSSR count). The summed E-state index contributed by atoms with van der Waals surface area (Å²) >= 11 is 1.70. The van der Waals surface area contributed by atoms with Gasteiger partial charge in [-0.15, -0.1) is 11.3 Å². The SMILES string of the molecule is [c]1sccc1C1CCCC1. The molecule has 0 amide bonds.